The van der Waals surface area contributed by atoms with Gasteiger partial charge in [-0.25, -0.2) is 0 Å². The maximum absolute atomic E-state index is 9.66. The highest BCUT2D eigenvalue weighted by atomic mass is 35.5. The molecule has 2 nitrogen and oxygen atoms in total. The molecular weight excluding hydrogens is 194 g/mol. The van der Waals surface area contributed by atoms with Crippen molar-refractivity contribution in [1.29, 1.82) is 0 Å². The molecule has 0 aliphatic rings. The van der Waals surface area contributed by atoms with Crippen molar-refractivity contribution in [2.45, 2.75) is 26.0 Å². The van der Waals surface area contributed by atoms with Crippen LogP contribution < -0.4 is 5.73 Å². The summed E-state index contributed by atoms with van der Waals surface area (Å²) in [6.45, 7) is 3.90. The molecule has 0 saturated carbocycles. The lowest BCUT2D eigenvalue weighted by atomic mass is 10.1. The normalized spacial score (nSPS) is 12.1. The van der Waals surface area contributed by atoms with Gasteiger partial charge in [-0.05, 0) is 19.9 Å². The van der Waals surface area contributed by atoms with E-state index in [1.165, 1.54) is 11.3 Å². The van der Waals surface area contributed by atoms with Gasteiger partial charge in [-0.15, -0.1) is 11.3 Å². The Bertz CT molecular complexity index is 277. The van der Waals surface area contributed by atoms with Crippen LogP contribution in [0.2, 0.25) is 5.02 Å². The molecule has 1 aromatic rings. The molecule has 0 unspecified atom stereocenters. The number of rotatable bonds is 2. The summed E-state index contributed by atoms with van der Waals surface area (Å²) in [4.78, 5) is 1.78. The first-order chi connectivity index (χ1) is 5.45. The molecule has 0 radical (unpaired) electrons. The summed E-state index contributed by atoms with van der Waals surface area (Å²) in [5, 5.41) is 10.3. The molecule has 0 aromatic carbocycles. The number of thiophene rings is 1. The fourth-order valence-corrected chi connectivity index (χ4v) is 2.41. The van der Waals surface area contributed by atoms with E-state index in [1.807, 2.05) is 0 Å². The van der Waals surface area contributed by atoms with Gasteiger partial charge in [0, 0.05) is 11.4 Å². The number of nitrogens with two attached hydrogens (primary N) is 1. The van der Waals surface area contributed by atoms with Gasteiger partial charge in [-0.1, -0.05) is 11.6 Å². The molecule has 1 heterocycles. The molecule has 0 bridgehead atoms. The first-order valence-electron chi connectivity index (χ1n) is 3.66. The predicted molar refractivity (Wildman–Crippen MR) is 52.5 cm³/mol. The van der Waals surface area contributed by atoms with Crippen molar-refractivity contribution in [1.82, 2.24) is 0 Å². The highest BCUT2D eigenvalue weighted by Gasteiger charge is 2.22. The van der Waals surface area contributed by atoms with Crippen molar-refractivity contribution in [3.8, 4) is 0 Å². The van der Waals surface area contributed by atoms with Crippen LogP contribution in [0.3, 0.4) is 0 Å². The van der Waals surface area contributed by atoms with Crippen molar-refractivity contribution in [3.05, 3.63) is 20.8 Å². The van der Waals surface area contributed by atoms with E-state index in [0.717, 1.165) is 9.75 Å². The van der Waals surface area contributed by atoms with Crippen LogP contribution >= 0.6 is 22.9 Å². The van der Waals surface area contributed by atoms with Crippen LogP contribution in [0.1, 0.15) is 23.6 Å². The smallest absolute Gasteiger partial charge is 0.0947 e. The van der Waals surface area contributed by atoms with Crippen LogP contribution in [0.4, 0.5) is 0 Å². The predicted octanol–water partition coefficient (Wildman–Crippen LogP) is 2.09. The molecule has 1 aromatic heterocycles. The second-order valence-corrected chi connectivity index (χ2v) is 4.70. The van der Waals surface area contributed by atoms with Crippen molar-refractivity contribution >= 4 is 22.9 Å². The van der Waals surface area contributed by atoms with Gasteiger partial charge < -0.3 is 10.8 Å². The van der Waals surface area contributed by atoms with Crippen LogP contribution in [-0.2, 0) is 12.1 Å². The third-order valence-electron chi connectivity index (χ3n) is 1.49. The lowest BCUT2D eigenvalue weighted by molar-refractivity contribution is 0.0826. The van der Waals surface area contributed by atoms with E-state index in [9.17, 15) is 5.11 Å². The molecule has 68 valence electrons. The van der Waals surface area contributed by atoms with Crippen LogP contribution in [0.25, 0.3) is 0 Å². The molecule has 0 atom stereocenters. The fraction of sp³-hybridized carbons (Fsp3) is 0.500. The molecule has 0 saturated heterocycles. The monoisotopic (exact) mass is 205 g/mol. The molecule has 4 heteroatoms. The average molecular weight is 206 g/mol. The maximum Gasteiger partial charge on any atom is 0.0947 e. The van der Waals surface area contributed by atoms with E-state index in [0.29, 0.717) is 11.6 Å². The van der Waals surface area contributed by atoms with Gasteiger partial charge in [-0.3, -0.25) is 0 Å². The van der Waals surface area contributed by atoms with E-state index >= 15 is 0 Å². The third kappa shape index (κ3) is 1.98. The quantitative estimate of drug-likeness (QED) is 0.777. The molecular formula is C8H12ClNOS. The molecule has 0 aliphatic heterocycles. The van der Waals surface area contributed by atoms with Gasteiger partial charge >= 0.3 is 0 Å². The first kappa shape index (κ1) is 9.99. The van der Waals surface area contributed by atoms with E-state index in [4.69, 9.17) is 17.3 Å². The van der Waals surface area contributed by atoms with Crippen molar-refractivity contribution in [3.63, 3.8) is 0 Å². The summed E-state index contributed by atoms with van der Waals surface area (Å²) in [5.41, 5.74) is 4.58. The zero-order valence-electron chi connectivity index (χ0n) is 7.10. The van der Waals surface area contributed by atoms with E-state index in [2.05, 4.69) is 0 Å². The lowest BCUT2D eigenvalue weighted by Gasteiger charge is -2.15. The van der Waals surface area contributed by atoms with Crippen LogP contribution in [0, 0.1) is 0 Å². The molecule has 0 aliphatic carbocycles. The zero-order chi connectivity index (χ0) is 9.35. The third-order valence-corrected chi connectivity index (χ3v) is 3.38. The van der Waals surface area contributed by atoms with Crippen LogP contribution in [-0.4, -0.2) is 5.11 Å². The SMILES string of the molecule is CC(C)(O)c1sc(CN)cc1Cl. The summed E-state index contributed by atoms with van der Waals surface area (Å²) in [6.07, 6.45) is 0. The summed E-state index contributed by atoms with van der Waals surface area (Å²) in [7, 11) is 0. The van der Waals surface area contributed by atoms with Gasteiger partial charge in [-0.2, -0.15) is 0 Å². The minimum Gasteiger partial charge on any atom is -0.385 e. The molecule has 12 heavy (non-hydrogen) atoms. The molecule has 1 rings (SSSR count). The first-order valence-corrected chi connectivity index (χ1v) is 4.85. The summed E-state index contributed by atoms with van der Waals surface area (Å²) in [5.74, 6) is 0. The summed E-state index contributed by atoms with van der Waals surface area (Å²) in [6, 6.07) is 1.81. The second-order valence-electron chi connectivity index (χ2n) is 3.15. The average Bonchev–Trinajstić information content (AvgIpc) is 2.29. The maximum atomic E-state index is 9.66. The number of hydrogen-bond donors (Lipinski definition) is 2. The number of halogens is 1. The molecule has 0 spiro atoms. The van der Waals surface area contributed by atoms with Crippen LogP contribution in [0.5, 0.6) is 0 Å². The van der Waals surface area contributed by atoms with Gasteiger partial charge in [0.1, 0.15) is 0 Å². The standard InChI is InChI=1S/C8H12ClNOS/c1-8(2,11)7-6(9)3-5(4-10)12-7/h3,11H,4,10H2,1-2H3. The molecule has 3 N–H and O–H groups in total. The Labute approximate surface area is 81.0 Å². The second kappa shape index (κ2) is 3.34. The number of hydrogen-bond acceptors (Lipinski definition) is 3. The Morgan fingerprint density at radius 1 is 1.67 bits per heavy atom. The lowest BCUT2D eigenvalue weighted by Crippen LogP contribution is -2.13. The van der Waals surface area contributed by atoms with Gasteiger partial charge in [0.05, 0.1) is 15.5 Å². The van der Waals surface area contributed by atoms with Crippen molar-refractivity contribution < 1.29 is 5.11 Å². The Hall–Kier alpha value is -0.0900. The van der Waals surface area contributed by atoms with E-state index in [1.54, 1.807) is 19.9 Å². The molecule has 0 fully saturated rings. The Morgan fingerprint density at radius 2 is 2.25 bits per heavy atom. The van der Waals surface area contributed by atoms with E-state index < -0.39 is 5.60 Å². The van der Waals surface area contributed by atoms with E-state index in [-0.39, 0.29) is 0 Å². The highest BCUT2D eigenvalue weighted by Crippen LogP contribution is 2.35. The van der Waals surface area contributed by atoms with Gasteiger partial charge in [0.2, 0.25) is 0 Å². The summed E-state index contributed by atoms with van der Waals surface area (Å²) < 4.78 is 0. The Balaban J connectivity index is 3.08. The minimum absolute atomic E-state index is 0.473. The molecule has 0 amide bonds. The topological polar surface area (TPSA) is 46.2 Å². The number of aliphatic hydroxyl groups is 1. The highest BCUT2D eigenvalue weighted by molar-refractivity contribution is 7.12. The Morgan fingerprint density at radius 3 is 2.50 bits per heavy atom. The van der Waals surface area contributed by atoms with Crippen LogP contribution in [0.15, 0.2) is 6.07 Å². The summed E-state index contributed by atoms with van der Waals surface area (Å²) >= 11 is 7.36. The largest absolute Gasteiger partial charge is 0.385 e. The Kier molecular flexibility index (Phi) is 2.78. The fourth-order valence-electron chi connectivity index (χ4n) is 0.934. The zero-order valence-corrected chi connectivity index (χ0v) is 8.67. The minimum atomic E-state index is -0.866. The van der Waals surface area contributed by atoms with Gasteiger partial charge in [0.15, 0.2) is 0 Å². The van der Waals surface area contributed by atoms with Crippen molar-refractivity contribution in [2.75, 3.05) is 0 Å². The van der Waals surface area contributed by atoms with Gasteiger partial charge in [0.25, 0.3) is 0 Å². The van der Waals surface area contributed by atoms with Crippen molar-refractivity contribution in [2.24, 2.45) is 5.73 Å².